The Morgan fingerprint density at radius 1 is 1.20 bits per heavy atom. The maximum Gasteiger partial charge on any atom is 0.411 e. The van der Waals surface area contributed by atoms with Crippen molar-refractivity contribution in [2.45, 2.75) is 18.4 Å². The van der Waals surface area contributed by atoms with Crippen LogP contribution in [0, 0.1) is 5.21 Å². The van der Waals surface area contributed by atoms with Crippen LogP contribution in [-0.4, -0.2) is 48.5 Å². The number of hydrogen-bond donors (Lipinski definition) is 3. The van der Waals surface area contributed by atoms with Gasteiger partial charge in [0.25, 0.3) is 0 Å². The lowest BCUT2D eigenvalue weighted by Gasteiger charge is -2.20. The van der Waals surface area contributed by atoms with Gasteiger partial charge in [0.15, 0.2) is 12.0 Å². The Labute approximate surface area is 236 Å². The molecule has 2 aromatic carbocycles. The average molecular weight is 579 g/mol. The number of carbonyl (C=O) groups is 1. The number of amides is 1. The summed E-state index contributed by atoms with van der Waals surface area (Å²) in [6.45, 7) is 0. The maximum atomic E-state index is 13.4. The van der Waals surface area contributed by atoms with Gasteiger partial charge in [-0.1, -0.05) is 35.3 Å². The lowest BCUT2D eigenvalue weighted by atomic mass is 9.98. The van der Waals surface area contributed by atoms with Crippen molar-refractivity contribution in [3.05, 3.63) is 93.5 Å². The van der Waals surface area contributed by atoms with E-state index in [1.54, 1.807) is 42.5 Å². The number of nitrogens with zero attached hydrogens (tertiary/aromatic N) is 6. The van der Waals surface area contributed by atoms with Crippen LogP contribution in [0.25, 0.3) is 28.1 Å². The number of aromatic amines is 1. The molecule has 3 heterocycles. The van der Waals surface area contributed by atoms with Crippen molar-refractivity contribution in [2.24, 2.45) is 0 Å². The summed E-state index contributed by atoms with van der Waals surface area (Å²) >= 11 is 12.8. The Morgan fingerprint density at radius 2 is 2.00 bits per heavy atom. The lowest BCUT2D eigenvalue weighted by Crippen LogP contribution is -2.42. The predicted molar refractivity (Wildman–Crippen MR) is 145 cm³/mol. The summed E-state index contributed by atoms with van der Waals surface area (Å²) in [6.07, 6.45) is 2.88. The molecular formula is C26H20Cl2N8O4. The monoisotopic (exact) mass is 578 g/mol. The number of rotatable bonds is 5. The largest absolute Gasteiger partial charge is 0.618 e. The van der Waals surface area contributed by atoms with Crippen LogP contribution >= 0.6 is 23.2 Å². The molecule has 0 unspecified atom stereocenters. The highest BCUT2D eigenvalue weighted by molar-refractivity contribution is 6.32. The van der Waals surface area contributed by atoms with Crippen LogP contribution in [0.5, 0.6) is 0 Å². The number of pyridine rings is 1. The second-order valence-electron chi connectivity index (χ2n) is 9.15. The zero-order valence-electron chi connectivity index (χ0n) is 20.8. The molecule has 0 radical (unpaired) electrons. The number of aryl methyl sites for hydroxylation is 1. The number of carbonyl (C=O) groups excluding carboxylic acids is 1. The summed E-state index contributed by atoms with van der Waals surface area (Å²) in [5.41, 5.74) is 2.56. The summed E-state index contributed by atoms with van der Waals surface area (Å²) in [4.78, 5) is 19.0. The number of aliphatic hydroxyl groups is 1. The summed E-state index contributed by atoms with van der Waals surface area (Å²) in [5, 5.41) is 39.8. The molecule has 0 saturated heterocycles. The molecule has 0 spiro atoms. The number of aromatic nitrogens is 7. The Hall–Kier alpha value is -4.52. The lowest BCUT2D eigenvalue weighted by molar-refractivity contribution is -0.620. The van der Waals surface area contributed by atoms with Gasteiger partial charge in [0, 0.05) is 33.0 Å². The van der Waals surface area contributed by atoms with Crippen molar-refractivity contribution < 1.29 is 19.4 Å². The fourth-order valence-corrected chi connectivity index (χ4v) is 5.32. The van der Waals surface area contributed by atoms with Gasteiger partial charge in [0.1, 0.15) is 17.2 Å². The number of methoxy groups -OCH3 is 1. The van der Waals surface area contributed by atoms with Crippen molar-refractivity contribution in [1.82, 2.24) is 30.2 Å². The van der Waals surface area contributed by atoms with E-state index < -0.39 is 11.7 Å². The van der Waals surface area contributed by atoms with E-state index in [1.807, 2.05) is 6.07 Å². The number of ether oxygens (including phenoxy) is 1. The van der Waals surface area contributed by atoms with Gasteiger partial charge in [-0.2, -0.15) is 9.41 Å². The number of fused-ring (bicyclic) bond motifs is 1. The molecular weight excluding hydrogens is 559 g/mol. The minimum absolute atomic E-state index is 0.150. The first-order chi connectivity index (χ1) is 19.3. The highest BCUT2D eigenvalue weighted by atomic mass is 35.5. The van der Waals surface area contributed by atoms with Gasteiger partial charge in [-0.25, -0.2) is 9.78 Å². The standard InChI is InChI=1S/C26H20Cl2N8O4/c1-40-25(37)30-18-5-2-14(3-6-18)21-23(28)32-24(31-21)26(38)9-8-15-10-16(12-36(39)22(15)26)19-11-17(27)4-7-20(19)35-13-29-33-34-35/h2-7,10-13,38H,8-9H2,1H3,(H,30,37)(H,31,32)/t26-/m1/s1. The van der Waals surface area contributed by atoms with Crippen molar-refractivity contribution in [2.75, 3.05) is 12.4 Å². The molecule has 1 aliphatic rings. The third-order valence-electron chi connectivity index (χ3n) is 6.77. The Bertz CT molecular complexity index is 1740. The van der Waals surface area contributed by atoms with Gasteiger partial charge in [-0.15, -0.1) is 5.10 Å². The topological polar surface area (TPSA) is 158 Å². The normalized spacial score (nSPS) is 16.1. The molecule has 0 fully saturated rings. The van der Waals surface area contributed by atoms with Crippen molar-refractivity contribution in [3.63, 3.8) is 0 Å². The van der Waals surface area contributed by atoms with Gasteiger partial charge < -0.3 is 20.0 Å². The van der Waals surface area contributed by atoms with Crippen LogP contribution in [0.1, 0.15) is 23.5 Å². The average Bonchev–Trinajstić information content (AvgIpc) is 3.69. The molecule has 40 heavy (non-hydrogen) atoms. The first-order valence-electron chi connectivity index (χ1n) is 12.0. The van der Waals surface area contributed by atoms with Crippen molar-refractivity contribution in [1.29, 1.82) is 0 Å². The van der Waals surface area contributed by atoms with Crippen LogP contribution < -0.4 is 10.0 Å². The molecule has 1 amide bonds. The van der Waals surface area contributed by atoms with Crippen LogP contribution in [0.2, 0.25) is 10.2 Å². The molecule has 14 heteroatoms. The van der Waals surface area contributed by atoms with Crippen LogP contribution in [0.3, 0.4) is 0 Å². The van der Waals surface area contributed by atoms with E-state index in [1.165, 1.54) is 24.3 Å². The molecule has 3 aromatic heterocycles. The fraction of sp³-hybridized carbons (Fsp3) is 0.154. The van der Waals surface area contributed by atoms with E-state index in [-0.39, 0.29) is 23.1 Å². The molecule has 12 nitrogen and oxygen atoms in total. The number of tetrazole rings is 1. The zero-order chi connectivity index (χ0) is 28.0. The van der Waals surface area contributed by atoms with Crippen LogP contribution in [-0.2, 0) is 16.8 Å². The molecule has 1 atom stereocenters. The number of imidazole rings is 1. The Kier molecular flexibility index (Phi) is 6.37. The molecule has 202 valence electrons. The van der Waals surface area contributed by atoms with Crippen molar-refractivity contribution in [3.8, 4) is 28.1 Å². The molecule has 5 aromatic rings. The number of nitrogens with one attached hydrogen (secondary N) is 2. The molecule has 6 rings (SSSR count). The van der Waals surface area contributed by atoms with E-state index in [9.17, 15) is 15.1 Å². The van der Waals surface area contributed by atoms with Gasteiger partial charge >= 0.3 is 6.09 Å². The summed E-state index contributed by atoms with van der Waals surface area (Å²) in [5.74, 6) is 0.150. The van der Waals surface area contributed by atoms with E-state index in [4.69, 9.17) is 23.2 Å². The number of benzene rings is 2. The summed E-state index contributed by atoms with van der Waals surface area (Å²) in [6, 6.07) is 13.8. The third-order valence-corrected chi connectivity index (χ3v) is 7.27. The zero-order valence-corrected chi connectivity index (χ0v) is 22.3. The third kappa shape index (κ3) is 4.41. The second kappa shape index (κ2) is 9.90. The number of H-pyrrole nitrogens is 1. The molecule has 0 bridgehead atoms. The smallest absolute Gasteiger partial charge is 0.411 e. The number of hydrogen-bond acceptors (Lipinski definition) is 8. The van der Waals surface area contributed by atoms with Crippen LogP contribution in [0.4, 0.5) is 10.5 Å². The molecule has 1 aliphatic carbocycles. The van der Waals surface area contributed by atoms with Crippen LogP contribution in [0.15, 0.2) is 61.1 Å². The number of anilines is 1. The second-order valence-corrected chi connectivity index (χ2v) is 9.96. The first kappa shape index (κ1) is 25.7. The van der Waals surface area contributed by atoms with Gasteiger partial charge in [-0.05, 0) is 59.7 Å². The maximum absolute atomic E-state index is 13.4. The van der Waals surface area contributed by atoms with E-state index in [2.05, 4.69) is 35.5 Å². The van der Waals surface area contributed by atoms with Gasteiger partial charge in [-0.3, -0.25) is 5.32 Å². The molecule has 3 N–H and O–H groups in total. The predicted octanol–water partition coefficient (Wildman–Crippen LogP) is 4.02. The highest BCUT2D eigenvalue weighted by Gasteiger charge is 2.49. The van der Waals surface area contributed by atoms with Crippen molar-refractivity contribution >= 4 is 35.0 Å². The quantitative estimate of drug-likeness (QED) is 0.208. The Morgan fingerprint density at radius 3 is 2.73 bits per heavy atom. The minimum atomic E-state index is -1.70. The van der Waals surface area contributed by atoms with E-state index >= 15 is 0 Å². The van der Waals surface area contributed by atoms with E-state index in [0.29, 0.717) is 55.5 Å². The highest BCUT2D eigenvalue weighted by Crippen LogP contribution is 2.42. The molecule has 0 aliphatic heterocycles. The Balaban J connectivity index is 1.36. The summed E-state index contributed by atoms with van der Waals surface area (Å²) in [7, 11) is 1.28. The fourth-order valence-electron chi connectivity index (χ4n) is 4.91. The van der Waals surface area contributed by atoms with Gasteiger partial charge in [0.2, 0.25) is 11.3 Å². The number of halogens is 2. The first-order valence-corrected chi connectivity index (χ1v) is 12.8. The minimum Gasteiger partial charge on any atom is -0.618 e. The summed E-state index contributed by atoms with van der Waals surface area (Å²) < 4.78 is 6.74. The van der Waals surface area contributed by atoms with Gasteiger partial charge in [0.05, 0.1) is 12.8 Å². The SMILES string of the molecule is COC(=O)Nc1ccc(-c2nc([C@@]3(O)CCc4cc(-c5cc(Cl)ccc5-n5cnnn5)c[n+]([O-])c43)[nH]c2Cl)cc1. The molecule has 0 saturated carbocycles. The van der Waals surface area contributed by atoms with E-state index in [0.717, 1.165) is 0 Å².